The van der Waals surface area contributed by atoms with E-state index < -0.39 is 0 Å². The Labute approximate surface area is 487 Å². The highest BCUT2D eigenvalue weighted by Gasteiger charge is 2.37. The van der Waals surface area contributed by atoms with E-state index in [0.717, 1.165) is 80.3 Å². The lowest BCUT2D eigenvalue weighted by molar-refractivity contribution is 0.0630. The Hall–Kier alpha value is -7.20. The van der Waals surface area contributed by atoms with Crippen LogP contribution in [-0.2, 0) is 47.3 Å². The van der Waals surface area contributed by atoms with Crippen molar-refractivity contribution in [2.45, 2.75) is 170 Å². The molecule has 0 aromatic heterocycles. The Kier molecular flexibility index (Phi) is 17.1. The molecular weight excluding hydrogens is 1020 g/mol. The number of hydrogen-bond acceptors (Lipinski definition) is 8. The van der Waals surface area contributed by atoms with Crippen LogP contribution in [-0.4, -0.2) is 72.9 Å². The van der Waals surface area contributed by atoms with Crippen molar-refractivity contribution in [3.8, 4) is 23.0 Å². The lowest BCUT2D eigenvalue weighted by atomic mass is 9.79. The first kappa shape index (κ1) is 59.4. The first-order valence-electron chi connectivity index (χ1n) is 29.8. The van der Waals surface area contributed by atoms with Crippen molar-refractivity contribution in [2.24, 2.45) is 0 Å². The highest BCUT2D eigenvalue weighted by molar-refractivity contribution is 6.22. The molecule has 10 nitrogen and oxygen atoms in total. The number of fused-ring (bicyclic) bond motifs is 10. The van der Waals surface area contributed by atoms with Crippen LogP contribution in [0.2, 0.25) is 0 Å². The predicted molar refractivity (Wildman–Crippen MR) is 327 cm³/mol. The maximum atomic E-state index is 13.6. The quantitative estimate of drug-likeness (QED) is 0.0695. The van der Waals surface area contributed by atoms with Crippen molar-refractivity contribution in [1.82, 2.24) is 9.80 Å². The fourth-order valence-electron chi connectivity index (χ4n) is 11.4. The molecule has 432 valence electrons. The predicted octanol–water partition coefficient (Wildman–Crippen LogP) is 15.3. The summed E-state index contributed by atoms with van der Waals surface area (Å²) in [7, 11) is 0. The van der Waals surface area contributed by atoms with Crippen LogP contribution in [0.15, 0.2) is 97.1 Å². The van der Waals surface area contributed by atoms with E-state index in [9.17, 15) is 19.2 Å². The highest BCUT2D eigenvalue weighted by atomic mass is 16.5. The number of rotatable bonds is 16. The van der Waals surface area contributed by atoms with Crippen LogP contribution >= 0.6 is 0 Å². The van der Waals surface area contributed by atoms with Gasteiger partial charge in [0.05, 0.1) is 48.7 Å². The second kappa shape index (κ2) is 23.6. The fourth-order valence-corrected chi connectivity index (χ4v) is 11.4. The third-order valence-corrected chi connectivity index (χ3v) is 16.2. The number of hydrogen-bond donors (Lipinski definition) is 0. The van der Waals surface area contributed by atoms with Crippen molar-refractivity contribution in [3.63, 3.8) is 0 Å². The summed E-state index contributed by atoms with van der Waals surface area (Å²) in [5.74, 6) is 2.17. The summed E-state index contributed by atoms with van der Waals surface area (Å²) in [5.41, 5.74) is 13.8. The molecule has 10 heteroatoms. The average molecular weight is 1110 g/mol. The van der Waals surface area contributed by atoms with Crippen molar-refractivity contribution < 1.29 is 38.1 Å². The number of ether oxygens (including phenoxy) is 4. The molecule has 0 atom stereocenters. The molecule has 3 aliphatic rings. The Bertz CT molecular complexity index is 3040. The number of amides is 4. The van der Waals surface area contributed by atoms with Gasteiger partial charge in [-0.3, -0.25) is 29.0 Å². The van der Waals surface area contributed by atoms with Gasteiger partial charge in [-0.2, -0.15) is 0 Å². The smallest absolute Gasteiger partial charge is 0.261 e. The van der Waals surface area contributed by atoms with Crippen LogP contribution in [0.25, 0.3) is 0 Å². The highest BCUT2D eigenvalue weighted by Crippen LogP contribution is 2.45. The molecule has 0 unspecified atom stereocenters. The zero-order valence-electron chi connectivity index (χ0n) is 51.3. The summed E-state index contributed by atoms with van der Waals surface area (Å²) < 4.78 is 28.5. The lowest BCUT2D eigenvalue weighted by Gasteiger charge is -2.29. The molecule has 0 saturated carbocycles. The number of benzene rings is 6. The second-order valence-electron chi connectivity index (χ2n) is 26.9. The molecule has 8 bridgehead atoms. The summed E-state index contributed by atoms with van der Waals surface area (Å²) >= 11 is 0. The van der Waals surface area contributed by atoms with Gasteiger partial charge in [0.2, 0.25) is 0 Å². The molecule has 0 saturated heterocycles. The van der Waals surface area contributed by atoms with Gasteiger partial charge in [-0.15, -0.1) is 0 Å². The van der Waals surface area contributed by atoms with Gasteiger partial charge in [0.15, 0.2) is 0 Å². The van der Waals surface area contributed by atoms with Gasteiger partial charge in [0.25, 0.3) is 23.6 Å². The molecule has 0 spiro atoms. The number of nitrogens with zero attached hydrogens (tertiary/aromatic N) is 2. The number of carbonyl (C=O) groups excluding carboxylic acids is 4. The minimum Gasteiger partial charge on any atom is -0.493 e. The minimum absolute atomic E-state index is 0.227. The zero-order valence-corrected chi connectivity index (χ0v) is 51.3. The first-order chi connectivity index (χ1) is 38.8. The van der Waals surface area contributed by atoms with Crippen molar-refractivity contribution in [1.29, 1.82) is 0 Å². The summed E-state index contributed by atoms with van der Waals surface area (Å²) in [5, 5.41) is 0. The normalized spacial score (nSPS) is 14.6. The lowest BCUT2D eigenvalue weighted by Crippen LogP contribution is -2.31. The van der Waals surface area contributed by atoms with Gasteiger partial charge >= 0.3 is 0 Å². The van der Waals surface area contributed by atoms with Crippen LogP contribution in [0.1, 0.15) is 231 Å². The molecule has 4 amide bonds. The molecule has 9 rings (SSSR count). The number of carbonyl (C=O) groups is 4. The molecular formula is C72H86N2O8. The van der Waals surface area contributed by atoms with Crippen molar-refractivity contribution in [3.05, 3.63) is 186 Å². The molecule has 1 aliphatic carbocycles. The largest absolute Gasteiger partial charge is 0.493 e. The topological polar surface area (TPSA) is 112 Å². The van der Waals surface area contributed by atoms with E-state index in [1.807, 2.05) is 0 Å². The average Bonchev–Trinajstić information content (AvgIpc) is 3.93. The first-order valence-corrected chi connectivity index (χ1v) is 29.8. The van der Waals surface area contributed by atoms with E-state index in [-0.39, 0.29) is 71.6 Å². The van der Waals surface area contributed by atoms with Gasteiger partial charge in [-0.05, 0) is 138 Å². The van der Waals surface area contributed by atoms with Gasteiger partial charge in [-0.1, -0.05) is 170 Å². The monoisotopic (exact) mass is 1110 g/mol. The van der Waals surface area contributed by atoms with E-state index in [0.29, 0.717) is 74.0 Å². The van der Waals surface area contributed by atoms with Crippen LogP contribution in [0, 0.1) is 0 Å². The van der Waals surface area contributed by atoms with Crippen molar-refractivity contribution >= 4 is 23.6 Å². The van der Waals surface area contributed by atoms with Crippen LogP contribution in [0.5, 0.6) is 23.0 Å². The fraction of sp³-hybridized carbons (Fsp3) is 0.444. The molecule has 82 heavy (non-hydrogen) atoms. The second-order valence-corrected chi connectivity index (χ2v) is 26.9. The van der Waals surface area contributed by atoms with Crippen LogP contribution < -0.4 is 18.9 Å². The molecule has 2 aliphatic heterocycles. The van der Waals surface area contributed by atoms with E-state index in [4.69, 9.17) is 18.9 Å². The van der Waals surface area contributed by atoms with E-state index in [1.54, 1.807) is 48.5 Å². The number of imide groups is 2. The van der Waals surface area contributed by atoms with Gasteiger partial charge < -0.3 is 18.9 Å². The summed E-state index contributed by atoms with van der Waals surface area (Å²) in [6.07, 6.45) is 4.51. The Balaban J connectivity index is 1.24. The molecule has 6 aromatic rings. The third kappa shape index (κ3) is 12.6. The van der Waals surface area contributed by atoms with Gasteiger partial charge in [0, 0.05) is 38.8 Å². The van der Waals surface area contributed by atoms with Gasteiger partial charge in [0.1, 0.15) is 23.0 Å². The molecule has 0 radical (unpaired) electrons. The summed E-state index contributed by atoms with van der Waals surface area (Å²) in [6, 6.07) is 32.7. The molecule has 2 heterocycles. The summed E-state index contributed by atoms with van der Waals surface area (Å²) in [4.78, 5) is 56.9. The van der Waals surface area contributed by atoms with E-state index >= 15 is 0 Å². The van der Waals surface area contributed by atoms with Crippen LogP contribution in [0.4, 0.5) is 0 Å². The Morgan fingerprint density at radius 1 is 0.341 bits per heavy atom. The Morgan fingerprint density at radius 3 is 0.744 bits per heavy atom. The van der Waals surface area contributed by atoms with Gasteiger partial charge in [-0.25, -0.2) is 0 Å². The van der Waals surface area contributed by atoms with E-state index in [2.05, 4.69) is 145 Å². The maximum Gasteiger partial charge on any atom is 0.261 e. The minimum atomic E-state index is -0.271. The SMILES string of the molecule is CCCOc1c2cc(C(C)(C)C)cc1Cc1cc(C(C)(C)C)cc(c1OCCCN1C(=O)c3ccccc3C1=O)Cc1cc(C(C)(C)C)cc(c1OCCC)Cc1cc(C(C)(C)C)cc(c1OCCCN1C(=O)c3ccccc3C1=O)C2. The van der Waals surface area contributed by atoms with E-state index in [1.165, 1.54) is 32.1 Å². The molecule has 0 fully saturated rings. The Morgan fingerprint density at radius 2 is 0.549 bits per heavy atom. The standard InChI is InChI=1S/C72H86N2O8/c1-15-29-79-61-45-33-49-41-55(71(9,10)11)43-51(63(49)81-31-21-27-73-65(75)57-23-17-18-24-58(57)66(73)76)35-47-39-54(70(6,7)8)40-48(62(47)80-30-16-2)36-52-44-56(72(12,13)14)42-50(34-46(61)38-53(37-45)69(3,4)5)64(52)82-32-22-28-74-67(77)59-25-19-20-26-60(59)68(74)78/h17-20,23-26,37-44H,15-16,21-22,27-36H2,1-14H3. The molecule has 0 N–H and O–H groups in total. The summed E-state index contributed by atoms with van der Waals surface area (Å²) in [6.45, 7) is 33.4. The molecule has 6 aromatic carbocycles. The van der Waals surface area contributed by atoms with Crippen LogP contribution in [0.3, 0.4) is 0 Å². The van der Waals surface area contributed by atoms with Crippen molar-refractivity contribution in [2.75, 3.05) is 39.5 Å². The maximum absolute atomic E-state index is 13.6. The zero-order chi connectivity index (χ0) is 59.1. The third-order valence-electron chi connectivity index (χ3n) is 16.2.